The Labute approximate surface area is 124 Å². The molecule has 6 nitrogen and oxygen atoms in total. The van der Waals surface area contributed by atoms with E-state index < -0.39 is 24.3 Å². The van der Waals surface area contributed by atoms with E-state index in [1.807, 2.05) is 0 Å². The van der Waals surface area contributed by atoms with E-state index in [1.165, 1.54) is 29.1 Å². The van der Waals surface area contributed by atoms with Crippen molar-refractivity contribution in [3.05, 3.63) is 47.0 Å². The number of halogens is 2. The third-order valence-electron chi connectivity index (χ3n) is 2.57. The average molecular weight is 312 g/mol. The molecule has 1 heterocycles. The maximum atomic E-state index is 13.0. The number of carbonyl (C=O) groups is 2. The molecule has 0 atom stereocenters. The van der Waals surface area contributed by atoms with Gasteiger partial charge in [0, 0.05) is 18.9 Å². The number of carbonyl (C=O) groups excluding carboxylic acids is 2. The monoisotopic (exact) mass is 311 g/mol. The van der Waals surface area contributed by atoms with Crippen LogP contribution >= 0.6 is 11.6 Å². The molecule has 0 aliphatic heterocycles. The van der Waals surface area contributed by atoms with Crippen molar-refractivity contribution in [3.63, 3.8) is 0 Å². The summed E-state index contributed by atoms with van der Waals surface area (Å²) < 4.78 is 19.1. The van der Waals surface area contributed by atoms with Crippen LogP contribution in [0.15, 0.2) is 30.5 Å². The maximum Gasteiger partial charge on any atom is 0.357 e. The highest BCUT2D eigenvalue weighted by molar-refractivity contribution is 6.31. The van der Waals surface area contributed by atoms with Gasteiger partial charge in [0.25, 0.3) is 5.91 Å². The molecule has 0 saturated carbocycles. The molecule has 1 N–H and O–H groups in total. The van der Waals surface area contributed by atoms with E-state index in [2.05, 4.69) is 10.4 Å². The lowest BCUT2D eigenvalue weighted by molar-refractivity contribution is -0.119. The molecule has 0 bridgehead atoms. The molecule has 8 heteroatoms. The fraction of sp³-hybridized carbons (Fsp3) is 0.154. The maximum absolute atomic E-state index is 13.0. The Hall–Kier alpha value is -2.41. The number of nitrogens with one attached hydrogen (secondary N) is 1. The average Bonchev–Trinajstić information content (AvgIpc) is 2.86. The largest absolute Gasteiger partial charge is 0.451 e. The number of hydrogen-bond donors (Lipinski definition) is 1. The molecular weight excluding hydrogens is 301 g/mol. The highest BCUT2D eigenvalue weighted by atomic mass is 35.5. The third-order valence-corrected chi connectivity index (χ3v) is 2.86. The first kappa shape index (κ1) is 15.0. The van der Waals surface area contributed by atoms with E-state index in [-0.39, 0.29) is 10.7 Å². The summed E-state index contributed by atoms with van der Waals surface area (Å²) in [5.41, 5.74) is 0.538. The van der Waals surface area contributed by atoms with Crippen molar-refractivity contribution in [2.24, 2.45) is 7.05 Å². The minimum Gasteiger partial charge on any atom is -0.451 e. The van der Waals surface area contributed by atoms with Gasteiger partial charge in [0.05, 0.1) is 5.02 Å². The lowest BCUT2D eigenvalue weighted by Gasteiger charge is -2.07. The van der Waals surface area contributed by atoms with Gasteiger partial charge in [-0.25, -0.2) is 9.18 Å². The van der Waals surface area contributed by atoms with Gasteiger partial charge in [-0.2, -0.15) is 5.10 Å². The topological polar surface area (TPSA) is 73.2 Å². The number of benzene rings is 1. The summed E-state index contributed by atoms with van der Waals surface area (Å²) in [6.07, 6.45) is 1.44. The molecule has 0 saturated heterocycles. The van der Waals surface area contributed by atoms with Crippen LogP contribution in [0, 0.1) is 5.82 Å². The number of nitrogens with zero attached hydrogens (tertiary/aromatic N) is 2. The molecule has 2 rings (SSSR count). The van der Waals surface area contributed by atoms with Gasteiger partial charge in [-0.05, 0) is 24.3 Å². The molecule has 0 spiro atoms. The molecule has 0 aliphatic carbocycles. The first-order valence-electron chi connectivity index (χ1n) is 5.87. The first-order valence-corrected chi connectivity index (χ1v) is 6.25. The van der Waals surface area contributed by atoms with Gasteiger partial charge in [0.1, 0.15) is 11.5 Å². The molecule has 0 radical (unpaired) electrons. The number of ether oxygens (including phenoxy) is 1. The zero-order valence-electron chi connectivity index (χ0n) is 11.0. The smallest absolute Gasteiger partial charge is 0.357 e. The predicted molar refractivity (Wildman–Crippen MR) is 73.5 cm³/mol. The summed E-state index contributed by atoms with van der Waals surface area (Å²) >= 11 is 5.59. The standard InChI is InChI=1S/C13H11ClFN3O3/c1-18-11(4-5-16-18)13(20)21-7-12(19)17-8-2-3-10(15)9(14)6-8/h2-6H,7H2,1H3,(H,17,19). The van der Waals surface area contributed by atoms with E-state index >= 15 is 0 Å². The molecule has 0 aliphatic rings. The summed E-state index contributed by atoms with van der Waals surface area (Å²) in [6.45, 7) is -0.473. The highest BCUT2D eigenvalue weighted by Gasteiger charge is 2.13. The summed E-state index contributed by atoms with van der Waals surface area (Å²) in [5.74, 6) is -1.81. The second-order valence-corrected chi connectivity index (χ2v) is 4.50. The predicted octanol–water partition coefficient (Wildman–Crippen LogP) is 2.01. The van der Waals surface area contributed by atoms with E-state index in [4.69, 9.17) is 16.3 Å². The minimum atomic E-state index is -0.665. The molecular formula is C13H11ClFN3O3. The number of esters is 1. The first-order chi connectivity index (χ1) is 9.97. The molecule has 0 fully saturated rings. The van der Waals surface area contributed by atoms with Crippen molar-refractivity contribution in [2.45, 2.75) is 0 Å². The van der Waals surface area contributed by atoms with Crippen LogP contribution in [0.1, 0.15) is 10.5 Å². The van der Waals surface area contributed by atoms with E-state index in [1.54, 1.807) is 7.05 Å². The van der Waals surface area contributed by atoms with Crippen LogP contribution < -0.4 is 5.32 Å². The Balaban J connectivity index is 1.89. The normalized spacial score (nSPS) is 10.2. The van der Waals surface area contributed by atoms with Crippen molar-refractivity contribution in [3.8, 4) is 0 Å². The number of hydrogen-bond acceptors (Lipinski definition) is 4. The second-order valence-electron chi connectivity index (χ2n) is 4.09. The van der Waals surface area contributed by atoms with Gasteiger partial charge in [0.2, 0.25) is 0 Å². The Morgan fingerprint density at radius 3 is 2.81 bits per heavy atom. The quantitative estimate of drug-likeness (QED) is 0.877. The highest BCUT2D eigenvalue weighted by Crippen LogP contribution is 2.19. The Morgan fingerprint density at radius 1 is 1.43 bits per heavy atom. The number of anilines is 1. The Morgan fingerprint density at radius 2 is 2.19 bits per heavy atom. The fourth-order valence-electron chi connectivity index (χ4n) is 1.55. The lowest BCUT2D eigenvalue weighted by Crippen LogP contribution is -2.22. The molecule has 0 unspecified atom stereocenters. The van der Waals surface area contributed by atoms with Crippen LogP contribution in [0.4, 0.5) is 10.1 Å². The van der Waals surface area contributed by atoms with Gasteiger partial charge in [-0.3, -0.25) is 9.48 Å². The molecule has 1 amide bonds. The number of rotatable bonds is 4. The molecule has 2 aromatic rings. The van der Waals surface area contributed by atoms with E-state index in [9.17, 15) is 14.0 Å². The molecule has 1 aromatic carbocycles. The minimum absolute atomic E-state index is 0.111. The van der Waals surface area contributed by atoms with Crippen LogP contribution in [-0.2, 0) is 16.6 Å². The molecule has 110 valence electrons. The number of aryl methyl sites for hydroxylation is 1. The van der Waals surface area contributed by atoms with Gasteiger partial charge in [-0.1, -0.05) is 11.6 Å². The number of amides is 1. The summed E-state index contributed by atoms with van der Waals surface area (Å²) in [7, 11) is 1.58. The van der Waals surface area contributed by atoms with Gasteiger partial charge < -0.3 is 10.1 Å². The Kier molecular flexibility index (Phi) is 4.54. The van der Waals surface area contributed by atoms with Crippen LogP contribution in [0.3, 0.4) is 0 Å². The SMILES string of the molecule is Cn1nccc1C(=O)OCC(=O)Nc1ccc(F)c(Cl)c1. The van der Waals surface area contributed by atoms with Crippen molar-refractivity contribution in [1.29, 1.82) is 0 Å². The Bertz CT molecular complexity index is 687. The second kappa shape index (κ2) is 6.36. The van der Waals surface area contributed by atoms with Crippen LogP contribution in [0.2, 0.25) is 5.02 Å². The van der Waals surface area contributed by atoms with Crippen molar-refractivity contribution in [2.75, 3.05) is 11.9 Å². The number of aromatic nitrogens is 2. The van der Waals surface area contributed by atoms with Crippen LogP contribution in [0.25, 0.3) is 0 Å². The van der Waals surface area contributed by atoms with E-state index in [0.29, 0.717) is 5.69 Å². The third kappa shape index (κ3) is 3.79. The van der Waals surface area contributed by atoms with Crippen molar-refractivity contribution in [1.82, 2.24) is 9.78 Å². The fourth-order valence-corrected chi connectivity index (χ4v) is 1.73. The summed E-state index contributed by atoms with van der Waals surface area (Å²) in [6, 6.07) is 5.21. The van der Waals surface area contributed by atoms with E-state index in [0.717, 1.165) is 6.07 Å². The summed E-state index contributed by atoms with van der Waals surface area (Å²) in [4.78, 5) is 23.3. The summed E-state index contributed by atoms with van der Waals surface area (Å²) in [5, 5.41) is 6.14. The zero-order valence-corrected chi connectivity index (χ0v) is 11.7. The molecule has 21 heavy (non-hydrogen) atoms. The molecule has 1 aromatic heterocycles. The lowest BCUT2D eigenvalue weighted by atomic mass is 10.3. The van der Waals surface area contributed by atoms with Crippen molar-refractivity contribution >= 4 is 29.2 Å². The van der Waals surface area contributed by atoms with Gasteiger partial charge >= 0.3 is 5.97 Å². The van der Waals surface area contributed by atoms with Crippen molar-refractivity contribution < 1.29 is 18.7 Å². The van der Waals surface area contributed by atoms with Gasteiger partial charge in [-0.15, -0.1) is 0 Å². The van der Waals surface area contributed by atoms with Gasteiger partial charge in [0.15, 0.2) is 6.61 Å². The van der Waals surface area contributed by atoms with Crippen LogP contribution in [0.5, 0.6) is 0 Å². The zero-order chi connectivity index (χ0) is 15.4. The van der Waals surface area contributed by atoms with Crippen LogP contribution in [-0.4, -0.2) is 28.3 Å².